The van der Waals surface area contributed by atoms with E-state index in [4.69, 9.17) is 0 Å². The highest BCUT2D eigenvalue weighted by atomic mass is 15.3. The minimum atomic E-state index is 1.08. The van der Waals surface area contributed by atoms with E-state index >= 15 is 0 Å². The van der Waals surface area contributed by atoms with E-state index in [1.165, 1.54) is 22.0 Å². The van der Waals surface area contributed by atoms with Crippen LogP contribution in [0.15, 0.2) is 67.0 Å². The predicted molar refractivity (Wildman–Crippen MR) is 90.2 cm³/mol. The molecule has 0 saturated heterocycles. The molecule has 2 heterocycles. The van der Waals surface area contributed by atoms with Crippen molar-refractivity contribution in [1.29, 1.82) is 0 Å². The van der Waals surface area contributed by atoms with Crippen molar-refractivity contribution in [2.75, 3.05) is 0 Å². The van der Waals surface area contributed by atoms with Gasteiger partial charge in [-0.15, -0.1) is 0 Å². The number of aromatic nitrogens is 3. The molecular weight excluding hydrogens is 270 g/mol. The van der Waals surface area contributed by atoms with Gasteiger partial charge in [0, 0.05) is 29.7 Å². The first-order valence-corrected chi connectivity index (χ1v) is 7.39. The lowest BCUT2D eigenvalue weighted by Crippen LogP contribution is -1.98. The molecule has 4 aromatic rings. The molecule has 0 aliphatic rings. The Hall–Kier alpha value is -2.81. The molecule has 3 nitrogen and oxygen atoms in total. The largest absolute Gasteiger partial charge is 0.350 e. The molecule has 4 rings (SSSR count). The van der Waals surface area contributed by atoms with Gasteiger partial charge in [-0.05, 0) is 31.2 Å². The van der Waals surface area contributed by atoms with Crippen molar-refractivity contribution in [2.45, 2.75) is 6.92 Å². The van der Waals surface area contributed by atoms with Crippen LogP contribution in [-0.2, 0) is 7.05 Å². The zero-order valence-electron chi connectivity index (χ0n) is 12.7. The van der Waals surface area contributed by atoms with Gasteiger partial charge in [-0.25, -0.2) is 4.68 Å². The third-order valence-corrected chi connectivity index (χ3v) is 4.09. The zero-order valence-corrected chi connectivity index (χ0v) is 12.7. The molecule has 0 bridgehead atoms. The highest BCUT2D eigenvalue weighted by molar-refractivity contribution is 5.95. The summed E-state index contributed by atoms with van der Waals surface area (Å²) < 4.78 is 4.17. The summed E-state index contributed by atoms with van der Waals surface area (Å²) in [5.41, 5.74) is 5.88. The van der Waals surface area contributed by atoms with Crippen molar-refractivity contribution in [3.8, 4) is 16.9 Å². The van der Waals surface area contributed by atoms with Gasteiger partial charge in [0.2, 0.25) is 0 Å². The molecule has 0 saturated carbocycles. The number of fused-ring (bicyclic) bond motifs is 1. The maximum absolute atomic E-state index is 4.52. The SMILES string of the molecule is Cc1ccc(-n2nccc2-c2cn(C)c3ccccc23)cc1. The van der Waals surface area contributed by atoms with E-state index in [0.717, 1.165) is 11.4 Å². The molecule has 3 heteroatoms. The maximum atomic E-state index is 4.52. The van der Waals surface area contributed by atoms with E-state index in [9.17, 15) is 0 Å². The summed E-state index contributed by atoms with van der Waals surface area (Å²) in [7, 11) is 2.08. The van der Waals surface area contributed by atoms with Crippen molar-refractivity contribution >= 4 is 10.9 Å². The Kier molecular flexibility index (Phi) is 2.86. The second-order valence-electron chi connectivity index (χ2n) is 5.63. The normalized spacial score (nSPS) is 11.2. The summed E-state index contributed by atoms with van der Waals surface area (Å²) in [5, 5.41) is 5.76. The highest BCUT2D eigenvalue weighted by Crippen LogP contribution is 2.31. The first kappa shape index (κ1) is 12.9. The summed E-state index contributed by atoms with van der Waals surface area (Å²) in [6.07, 6.45) is 4.03. The monoisotopic (exact) mass is 287 g/mol. The topological polar surface area (TPSA) is 22.8 Å². The lowest BCUT2D eigenvalue weighted by atomic mass is 10.1. The summed E-state index contributed by atoms with van der Waals surface area (Å²) >= 11 is 0. The van der Waals surface area contributed by atoms with E-state index in [-0.39, 0.29) is 0 Å². The minimum absolute atomic E-state index is 1.08. The molecule has 2 aromatic heterocycles. The fourth-order valence-electron chi connectivity index (χ4n) is 2.94. The molecule has 0 atom stereocenters. The molecule has 0 unspecified atom stereocenters. The van der Waals surface area contributed by atoms with Crippen LogP contribution in [0.2, 0.25) is 0 Å². The van der Waals surface area contributed by atoms with Crippen molar-refractivity contribution in [2.24, 2.45) is 7.05 Å². The van der Waals surface area contributed by atoms with Crippen LogP contribution in [0.5, 0.6) is 0 Å². The van der Waals surface area contributed by atoms with Gasteiger partial charge in [0.05, 0.1) is 17.6 Å². The minimum Gasteiger partial charge on any atom is -0.350 e. The lowest BCUT2D eigenvalue weighted by Gasteiger charge is -2.07. The average Bonchev–Trinajstić information content (AvgIpc) is 3.13. The predicted octanol–water partition coefficient (Wildman–Crippen LogP) is 4.34. The van der Waals surface area contributed by atoms with E-state index < -0.39 is 0 Å². The number of rotatable bonds is 2. The first-order chi connectivity index (χ1) is 10.7. The molecule has 0 aliphatic carbocycles. The molecule has 0 amide bonds. The summed E-state index contributed by atoms with van der Waals surface area (Å²) in [6.45, 7) is 2.10. The number of hydrogen-bond donors (Lipinski definition) is 0. The van der Waals surface area contributed by atoms with Crippen molar-refractivity contribution in [1.82, 2.24) is 14.3 Å². The Morgan fingerprint density at radius 3 is 2.50 bits per heavy atom. The molecule has 0 aliphatic heterocycles. The van der Waals surface area contributed by atoms with E-state index in [0.29, 0.717) is 0 Å². The third kappa shape index (κ3) is 1.94. The molecule has 22 heavy (non-hydrogen) atoms. The molecule has 2 aromatic carbocycles. The number of hydrogen-bond acceptors (Lipinski definition) is 1. The third-order valence-electron chi connectivity index (χ3n) is 4.09. The van der Waals surface area contributed by atoms with Crippen molar-refractivity contribution in [3.05, 3.63) is 72.6 Å². The molecule has 0 radical (unpaired) electrons. The van der Waals surface area contributed by atoms with Gasteiger partial charge in [-0.1, -0.05) is 35.9 Å². The van der Waals surface area contributed by atoms with E-state index in [1.807, 2.05) is 10.9 Å². The summed E-state index contributed by atoms with van der Waals surface area (Å²) in [5.74, 6) is 0. The van der Waals surface area contributed by atoms with Gasteiger partial charge in [-0.3, -0.25) is 0 Å². The highest BCUT2D eigenvalue weighted by Gasteiger charge is 2.13. The standard InChI is InChI=1S/C19H17N3/c1-14-7-9-15(10-8-14)22-19(11-12-20-22)17-13-21(2)18-6-4-3-5-16(17)18/h3-13H,1-2H3. The van der Waals surface area contributed by atoms with Gasteiger partial charge in [0.15, 0.2) is 0 Å². The Morgan fingerprint density at radius 1 is 0.909 bits per heavy atom. The van der Waals surface area contributed by atoms with Crippen LogP contribution in [0, 0.1) is 6.92 Å². The Bertz CT molecular complexity index is 942. The molecule has 108 valence electrons. The number of para-hydroxylation sites is 1. The van der Waals surface area contributed by atoms with Crippen molar-refractivity contribution in [3.63, 3.8) is 0 Å². The van der Waals surface area contributed by atoms with E-state index in [2.05, 4.69) is 84.4 Å². The average molecular weight is 287 g/mol. The number of benzene rings is 2. The van der Waals surface area contributed by atoms with Gasteiger partial charge in [0.25, 0.3) is 0 Å². The Balaban J connectivity index is 1.94. The summed E-state index contributed by atoms with van der Waals surface area (Å²) in [4.78, 5) is 0. The maximum Gasteiger partial charge on any atom is 0.0762 e. The fourth-order valence-corrected chi connectivity index (χ4v) is 2.94. The number of aryl methyl sites for hydroxylation is 2. The van der Waals surface area contributed by atoms with Crippen LogP contribution in [0.25, 0.3) is 27.8 Å². The Morgan fingerprint density at radius 2 is 1.68 bits per heavy atom. The van der Waals surface area contributed by atoms with Gasteiger partial charge >= 0.3 is 0 Å². The smallest absolute Gasteiger partial charge is 0.0762 e. The molecular formula is C19H17N3. The quantitative estimate of drug-likeness (QED) is 0.538. The van der Waals surface area contributed by atoms with Gasteiger partial charge in [-0.2, -0.15) is 5.10 Å². The molecule has 0 fully saturated rings. The lowest BCUT2D eigenvalue weighted by molar-refractivity contribution is 0.886. The van der Waals surface area contributed by atoms with E-state index in [1.54, 1.807) is 0 Å². The second kappa shape index (κ2) is 4.88. The van der Waals surface area contributed by atoms with Gasteiger partial charge < -0.3 is 4.57 Å². The van der Waals surface area contributed by atoms with Crippen LogP contribution >= 0.6 is 0 Å². The van der Waals surface area contributed by atoms with Crippen LogP contribution in [-0.4, -0.2) is 14.3 Å². The molecule has 0 spiro atoms. The van der Waals surface area contributed by atoms with Crippen LogP contribution in [0.4, 0.5) is 0 Å². The second-order valence-corrected chi connectivity index (χ2v) is 5.63. The number of nitrogens with zero attached hydrogens (tertiary/aromatic N) is 3. The van der Waals surface area contributed by atoms with Gasteiger partial charge in [0.1, 0.15) is 0 Å². The van der Waals surface area contributed by atoms with Crippen LogP contribution < -0.4 is 0 Å². The summed E-state index contributed by atoms with van der Waals surface area (Å²) in [6, 6.07) is 19.0. The van der Waals surface area contributed by atoms with Crippen LogP contribution in [0.3, 0.4) is 0 Å². The fraction of sp³-hybridized carbons (Fsp3) is 0.105. The molecule has 0 N–H and O–H groups in total. The van der Waals surface area contributed by atoms with Crippen molar-refractivity contribution < 1.29 is 0 Å². The zero-order chi connectivity index (χ0) is 15.1. The van der Waals surface area contributed by atoms with Crippen LogP contribution in [0.1, 0.15) is 5.56 Å². The Labute approximate surface area is 129 Å². The first-order valence-electron chi connectivity index (χ1n) is 7.39.